The molecular weight excluding hydrogens is 484 g/mol. The average Bonchev–Trinajstić information content (AvgIpc) is 3.40. The molecule has 4 rings (SSSR count). The van der Waals surface area contributed by atoms with Gasteiger partial charge in [-0.25, -0.2) is 13.4 Å². The normalized spacial score (nSPS) is 18.2. The van der Waals surface area contributed by atoms with Gasteiger partial charge in [0.2, 0.25) is 0 Å². The van der Waals surface area contributed by atoms with E-state index in [1.165, 1.54) is 23.0 Å². The second-order valence-electron chi connectivity index (χ2n) is 7.86. The van der Waals surface area contributed by atoms with Crippen LogP contribution in [0.3, 0.4) is 0 Å². The van der Waals surface area contributed by atoms with Crippen LogP contribution >= 0.6 is 22.9 Å². The fourth-order valence-electron chi connectivity index (χ4n) is 3.68. The van der Waals surface area contributed by atoms with Gasteiger partial charge in [-0.15, -0.1) is 11.3 Å². The highest BCUT2D eigenvalue weighted by atomic mass is 35.5. The van der Waals surface area contributed by atoms with Crippen LogP contribution < -0.4 is 10.0 Å². The van der Waals surface area contributed by atoms with E-state index in [2.05, 4.69) is 51.1 Å². The lowest BCUT2D eigenvalue weighted by atomic mass is 10.0. The van der Waals surface area contributed by atoms with E-state index in [1.807, 2.05) is 6.07 Å². The summed E-state index contributed by atoms with van der Waals surface area (Å²) in [5.41, 5.74) is 3.45. The van der Waals surface area contributed by atoms with E-state index < -0.39 is 10.0 Å². The van der Waals surface area contributed by atoms with Crippen LogP contribution in [0.1, 0.15) is 18.9 Å². The summed E-state index contributed by atoms with van der Waals surface area (Å²) in [6.45, 7) is 4.69. The molecule has 8 nitrogen and oxygen atoms in total. The van der Waals surface area contributed by atoms with Crippen LogP contribution in [0.4, 0.5) is 11.5 Å². The Morgan fingerprint density at radius 1 is 1.27 bits per heavy atom. The number of halogens is 1. The van der Waals surface area contributed by atoms with E-state index >= 15 is 0 Å². The van der Waals surface area contributed by atoms with Crippen molar-refractivity contribution in [3.8, 4) is 0 Å². The first-order chi connectivity index (χ1) is 15.7. The standard InChI is InChI=1S/C21H23ClN4O2S2.CH2O2/c1-21(9-10-26(14-21)12-16-5-3-2-4-6-16)24-19-8-7-17(11-18(19)22)30(27,28)25-20-13-29-15-23-20;2-1-3/h2-8,11,13,15,24-25H,9-10,12,14H2,1H3;1H,(H,2,3). The lowest BCUT2D eigenvalue weighted by Crippen LogP contribution is -2.38. The Morgan fingerprint density at radius 2 is 2.00 bits per heavy atom. The molecule has 0 spiro atoms. The summed E-state index contributed by atoms with van der Waals surface area (Å²) in [5, 5.41) is 12.4. The average molecular weight is 509 g/mol. The Balaban J connectivity index is 0.000000968. The number of anilines is 2. The second-order valence-corrected chi connectivity index (χ2v) is 10.7. The van der Waals surface area contributed by atoms with Crippen molar-refractivity contribution in [2.45, 2.75) is 30.3 Å². The Hall–Kier alpha value is -2.66. The van der Waals surface area contributed by atoms with Crippen molar-refractivity contribution < 1.29 is 18.3 Å². The van der Waals surface area contributed by atoms with Crippen molar-refractivity contribution in [3.05, 3.63) is 70.0 Å². The van der Waals surface area contributed by atoms with Crippen molar-refractivity contribution in [2.24, 2.45) is 0 Å². The monoisotopic (exact) mass is 508 g/mol. The van der Waals surface area contributed by atoms with Crippen molar-refractivity contribution in [3.63, 3.8) is 0 Å². The molecule has 0 amide bonds. The molecule has 0 saturated carbocycles. The lowest BCUT2D eigenvalue weighted by molar-refractivity contribution is -0.122. The van der Waals surface area contributed by atoms with E-state index in [0.717, 1.165) is 31.7 Å². The Labute approximate surface area is 202 Å². The molecule has 0 radical (unpaired) electrons. The Morgan fingerprint density at radius 3 is 2.64 bits per heavy atom. The molecule has 1 unspecified atom stereocenters. The molecule has 2 aromatic carbocycles. The summed E-state index contributed by atoms with van der Waals surface area (Å²) in [6.07, 6.45) is 0.974. The number of nitrogens with zero attached hydrogens (tertiary/aromatic N) is 2. The SMILES string of the molecule is CC1(Nc2ccc(S(=O)(=O)Nc3cscn3)cc2Cl)CCN(Cc2ccccc2)C1.O=CO. The topological polar surface area (TPSA) is 112 Å². The molecule has 3 aromatic rings. The number of rotatable bonds is 7. The molecule has 1 saturated heterocycles. The zero-order chi connectivity index (χ0) is 23.9. The number of benzene rings is 2. The molecule has 0 aliphatic carbocycles. The summed E-state index contributed by atoms with van der Waals surface area (Å²) in [4.78, 5) is 14.8. The van der Waals surface area contributed by atoms with Crippen LogP contribution in [0.15, 0.2) is 64.3 Å². The highest BCUT2D eigenvalue weighted by molar-refractivity contribution is 7.92. The van der Waals surface area contributed by atoms with Gasteiger partial charge < -0.3 is 10.4 Å². The molecule has 1 aromatic heterocycles. The van der Waals surface area contributed by atoms with Crippen molar-refractivity contribution in [2.75, 3.05) is 23.1 Å². The molecule has 33 heavy (non-hydrogen) atoms. The molecule has 3 N–H and O–H groups in total. The summed E-state index contributed by atoms with van der Waals surface area (Å²) >= 11 is 7.76. The maximum absolute atomic E-state index is 12.6. The van der Waals surface area contributed by atoms with Gasteiger partial charge in [-0.3, -0.25) is 14.4 Å². The van der Waals surface area contributed by atoms with Gasteiger partial charge in [0.25, 0.3) is 16.5 Å². The third kappa shape index (κ3) is 6.91. The first-order valence-electron chi connectivity index (χ1n) is 10.1. The maximum atomic E-state index is 12.6. The van der Waals surface area contributed by atoms with E-state index in [9.17, 15) is 8.42 Å². The molecule has 1 atom stereocenters. The van der Waals surface area contributed by atoms with Gasteiger partial charge >= 0.3 is 0 Å². The fourth-order valence-corrected chi connectivity index (χ4v) is 5.56. The minimum absolute atomic E-state index is 0.105. The highest BCUT2D eigenvalue weighted by Gasteiger charge is 2.34. The maximum Gasteiger partial charge on any atom is 0.290 e. The first kappa shape index (κ1) is 25.0. The molecule has 1 fully saturated rings. The molecule has 2 heterocycles. The third-order valence-corrected chi connectivity index (χ3v) is 7.41. The van der Waals surface area contributed by atoms with Gasteiger partial charge in [0.05, 0.1) is 21.1 Å². The number of carbonyl (C=O) groups is 1. The smallest absolute Gasteiger partial charge is 0.290 e. The number of nitrogens with one attached hydrogen (secondary N) is 2. The van der Waals surface area contributed by atoms with Crippen LogP contribution in [0.5, 0.6) is 0 Å². The van der Waals surface area contributed by atoms with E-state index in [4.69, 9.17) is 21.5 Å². The van der Waals surface area contributed by atoms with E-state index in [-0.39, 0.29) is 16.9 Å². The van der Waals surface area contributed by atoms with Crippen LogP contribution in [0.2, 0.25) is 5.02 Å². The summed E-state index contributed by atoms with van der Waals surface area (Å²) in [7, 11) is -3.73. The fraction of sp³-hybridized carbons (Fsp3) is 0.273. The Kier molecular flexibility index (Phi) is 8.30. The number of aromatic nitrogens is 1. The predicted molar refractivity (Wildman–Crippen MR) is 131 cm³/mol. The van der Waals surface area contributed by atoms with Gasteiger partial charge in [-0.1, -0.05) is 41.9 Å². The first-order valence-corrected chi connectivity index (χ1v) is 12.9. The van der Waals surface area contributed by atoms with E-state index in [1.54, 1.807) is 23.0 Å². The molecule has 1 aliphatic rings. The number of hydrogen-bond donors (Lipinski definition) is 3. The largest absolute Gasteiger partial charge is 0.483 e. The van der Waals surface area contributed by atoms with Crippen molar-refractivity contribution in [1.29, 1.82) is 0 Å². The Bertz CT molecular complexity index is 1160. The van der Waals surface area contributed by atoms with Gasteiger partial charge in [0, 0.05) is 30.6 Å². The molecule has 1 aliphatic heterocycles. The number of carboxylic acid groups (broad SMARTS) is 1. The number of hydrogen-bond acceptors (Lipinski definition) is 7. The van der Waals surface area contributed by atoms with E-state index in [0.29, 0.717) is 10.8 Å². The van der Waals surface area contributed by atoms with Crippen molar-refractivity contribution in [1.82, 2.24) is 9.88 Å². The summed E-state index contributed by atoms with van der Waals surface area (Å²) < 4.78 is 27.6. The highest BCUT2D eigenvalue weighted by Crippen LogP contribution is 2.32. The number of sulfonamides is 1. The molecule has 11 heteroatoms. The van der Waals surface area contributed by atoms with Crippen LogP contribution in [0, 0.1) is 0 Å². The number of thiazole rings is 1. The van der Waals surface area contributed by atoms with Gasteiger partial charge in [-0.2, -0.15) is 0 Å². The predicted octanol–water partition coefficient (Wildman–Crippen LogP) is 4.37. The minimum atomic E-state index is -3.73. The lowest BCUT2D eigenvalue weighted by Gasteiger charge is -2.28. The quantitative estimate of drug-likeness (QED) is 0.406. The minimum Gasteiger partial charge on any atom is -0.483 e. The zero-order valence-electron chi connectivity index (χ0n) is 17.9. The van der Waals surface area contributed by atoms with Crippen molar-refractivity contribution >= 4 is 50.9 Å². The summed E-state index contributed by atoms with van der Waals surface area (Å²) in [5.74, 6) is 0.301. The van der Waals surface area contributed by atoms with Gasteiger partial charge in [-0.05, 0) is 37.1 Å². The van der Waals surface area contributed by atoms with Crippen LogP contribution in [-0.4, -0.2) is 48.5 Å². The summed E-state index contributed by atoms with van der Waals surface area (Å²) in [6, 6.07) is 15.2. The molecule has 0 bridgehead atoms. The molecular formula is C22H25ClN4O4S2. The van der Waals surface area contributed by atoms with Gasteiger partial charge in [0.15, 0.2) is 5.82 Å². The molecule has 176 valence electrons. The number of likely N-dealkylation sites (tertiary alicyclic amines) is 1. The van der Waals surface area contributed by atoms with Crippen LogP contribution in [-0.2, 0) is 21.4 Å². The third-order valence-electron chi connectivity index (χ3n) is 5.16. The second kappa shape index (κ2) is 11.0. The van der Waals surface area contributed by atoms with Gasteiger partial charge in [0.1, 0.15) is 0 Å². The zero-order valence-corrected chi connectivity index (χ0v) is 20.3. The van der Waals surface area contributed by atoms with Crippen LogP contribution in [0.25, 0.3) is 0 Å².